The Morgan fingerprint density at radius 1 is 1.14 bits per heavy atom. The summed E-state index contributed by atoms with van der Waals surface area (Å²) in [5.74, 6) is 0.301. The molecule has 0 spiro atoms. The number of hydrogen-bond acceptors (Lipinski definition) is 7. The number of carbonyl (C=O) groups is 2. The van der Waals surface area contributed by atoms with Crippen LogP contribution in [-0.4, -0.2) is 42.1 Å². The summed E-state index contributed by atoms with van der Waals surface area (Å²) >= 11 is 4.97. The number of imidazole rings is 1. The van der Waals surface area contributed by atoms with Gasteiger partial charge in [0.1, 0.15) is 11.4 Å². The Hall–Kier alpha value is -2.98. The van der Waals surface area contributed by atoms with E-state index in [2.05, 4.69) is 31.2 Å². The zero-order valence-electron chi connectivity index (χ0n) is 19.8. The molecule has 1 heterocycles. The fourth-order valence-corrected chi connectivity index (χ4v) is 4.35. The quantitative estimate of drug-likeness (QED) is 0.149. The number of anilines is 2. The molecule has 0 atom stereocenters. The highest BCUT2D eigenvalue weighted by Gasteiger charge is 2.13. The number of rotatable bonds is 13. The van der Waals surface area contributed by atoms with Crippen molar-refractivity contribution >= 4 is 51.1 Å². The van der Waals surface area contributed by atoms with Gasteiger partial charge in [-0.3, -0.25) is 9.59 Å². The zero-order chi connectivity index (χ0) is 25.0. The number of halogens is 1. The van der Waals surface area contributed by atoms with Crippen LogP contribution in [0.2, 0.25) is 0 Å². The van der Waals surface area contributed by atoms with Crippen molar-refractivity contribution in [1.82, 2.24) is 9.97 Å². The Morgan fingerprint density at radius 2 is 1.94 bits per heavy atom. The van der Waals surface area contributed by atoms with Gasteiger partial charge in [0.2, 0.25) is 0 Å². The molecule has 8 nitrogen and oxygen atoms in total. The second-order valence-corrected chi connectivity index (χ2v) is 9.70. The number of nitrogens with one attached hydrogen (secondary N) is 2. The van der Waals surface area contributed by atoms with Crippen molar-refractivity contribution in [2.75, 3.05) is 29.9 Å². The molecule has 1 aromatic heterocycles. The minimum Gasteiger partial charge on any atom is -0.492 e. The van der Waals surface area contributed by atoms with E-state index in [9.17, 15) is 9.59 Å². The van der Waals surface area contributed by atoms with Crippen LogP contribution in [0.4, 0.5) is 11.4 Å². The van der Waals surface area contributed by atoms with Gasteiger partial charge in [0.15, 0.2) is 0 Å². The molecule has 186 valence electrons. The number of nitrogens with zero attached hydrogens (tertiary/aromatic N) is 2. The van der Waals surface area contributed by atoms with Crippen LogP contribution in [0.5, 0.6) is 5.75 Å². The van der Waals surface area contributed by atoms with Gasteiger partial charge in [-0.1, -0.05) is 15.9 Å². The maximum atomic E-state index is 12.4. The summed E-state index contributed by atoms with van der Waals surface area (Å²) in [6.07, 6.45) is 5.84. The molecule has 10 heteroatoms. The van der Waals surface area contributed by atoms with Gasteiger partial charge in [-0.15, -0.1) is 0 Å². The average molecular weight is 562 g/mol. The Labute approximate surface area is 218 Å². The van der Waals surface area contributed by atoms with Gasteiger partial charge >= 0.3 is 5.97 Å². The summed E-state index contributed by atoms with van der Waals surface area (Å²) in [6.45, 7) is 2.75. The summed E-state index contributed by atoms with van der Waals surface area (Å²) in [5, 5.41) is 2.89. The molecule has 3 rings (SSSR count). The molecule has 2 N–H and O–H groups in total. The first kappa shape index (κ1) is 26.6. The fourth-order valence-electron chi connectivity index (χ4n) is 3.17. The van der Waals surface area contributed by atoms with Gasteiger partial charge in [-0.05, 0) is 80.6 Å². The van der Waals surface area contributed by atoms with E-state index in [-0.39, 0.29) is 11.9 Å². The summed E-state index contributed by atoms with van der Waals surface area (Å²) in [4.78, 5) is 31.5. The molecule has 0 aliphatic heterocycles. The van der Waals surface area contributed by atoms with Crippen molar-refractivity contribution < 1.29 is 19.1 Å². The first-order valence-corrected chi connectivity index (χ1v) is 12.9. The van der Waals surface area contributed by atoms with E-state index < -0.39 is 0 Å². The molecule has 0 aliphatic carbocycles. The molecule has 0 saturated heterocycles. The Morgan fingerprint density at radius 3 is 2.66 bits per heavy atom. The fraction of sp³-hybridized carbons (Fsp3) is 0.320. The molecule has 1 amide bonds. The minimum atomic E-state index is -0.269. The molecule has 0 aliphatic rings. The molecule has 3 aromatic rings. The van der Waals surface area contributed by atoms with Crippen LogP contribution < -0.4 is 14.4 Å². The molecule has 0 bridgehead atoms. The zero-order valence-corrected chi connectivity index (χ0v) is 22.2. The molecular weight excluding hydrogens is 532 g/mol. The number of benzene rings is 2. The smallest absolute Gasteiger partial charge is 0.305 e. The number of hydrogen-bond donors (Lipinski definition) is 2. The lowest BCUT2D eigenvalue weighted by atomic mass is 10.2. The number of carbonyl (C=O) groups excluding carboxylic acids is 2. The van der Waals surface area contributed by atoms with Crippen molar-refractivity contribution in [2.45, 2.75) is 37.5 Å². The molecule has 0 fully saturated rings. The number of H-pyrrole nitrogens is 1. The van der Waals surface area contributed by atoms with Crippen LogP contribution in [0, 0.1) is 0 Å². The van der Waals surface area contributed by atoms with E-state index in [1.54, 1.807) is 0 Å². The van der Waals surface area contributed by atoms with Gasteiger partial charge in [0, 0.05) is 29.3 Å². The van der Waals surface area contributed by atoms with E-state index in [1.165, 1.54) is 24.5 Å². The van der Waals surface area contributed by atoms with E-state index in [4.69, 9.17) is 9.47 Å². The predicted octanol–water partition coefficient (Wildman–Crippen LogP) is 6.07. The number of aromatic nitrogens is 2. The molecule has 0 saturated carbocycles. The van der Waals surface area contributed by atoms with Crippen molar-refractivity contribution in [2.24, 2.45) is 0 Å². The van der Waals surface area contributed by atoms with Crippen LogP contribution in [0.15, 0.2) is 64.4 Å². The van der Waals surface area contributed by atoms with E-state index in [1.807, 2.05) is 60.7 Å². The highest BCUT2D eigenvalue weighted by Crippen LogP contribution is 2.36. The first-order valence-electron chi connectivity index (χ1n) is 11.4. The number of esters is 1. The summed E-state index contributed by atoms with van der Waals surface area (Å²) < 4.78 is 14.1. The van der Waals surface area contributed by atoms with Crippen molar-refractivity contribution in [3.63, 3.8) is 0 Å². The number of aromatic amines is 1. The van der Waals surface area contributed by atoms with Crippen LogP contribution in [-0.2, 0) is 9.53 Å². The summed E-state index contributed by atoms with van der Waals surface area (Å²) in [5.41, 5.74) is 2.06. The molecule has 35 heavy (non-hydrogen) atoms. The third kappa shape index (κ3) is 8.63. The van der Waals surface area contributed by atoms with Crippen LogP contribution >= 0.6 is 27.9 Å². The topological polar surface area (TPSA) is 96.5 Å². The van der Waals surface area contributed by atoms with Crippen LogP contribution in [0.25, 0.3) is 0 Å². The van der Waals surface area contributed by atoms with Crippen LogP contribution in [0.1, 0.15) is 43.1 Å². The van der Waals surface area contributed by atoms with Gasteiger partial charge in [-0.2, -0.15) is 0 Å². The summed E-state index contributed by atoms with van der Waals surface area (Å²) in [6, 6.07) is 13.6. The first-order chi connectivity index (χ1) is 17.0. The van der Waals surface area contributed by atoms with Gasteiger partial charge in [0.25, 0.3) is 5.91 Å². The standard InChI is InChI=1S/C25H29BrN4O4S/c1-3-33-24(31)7-5-4-6-14-34-22-13-10-19(29-25(32)21-16-27-17-28-21)15-23(22)35-30(2)20-11-8-18(26)9-12-20/h8-13,15-17H,3-7,14H2,1-2H3,(H,27,28)(H,29,32). The van der Waals surface area contributed by atoms with E-state index in [0.29, 0.717) is 31.0 Å². The lowest BCUT2D eigenvalue weighted by molar-refractivity contribution is -0.143. The van der Waals surface area contributed by atoms with Crippen molar-refractivity contribution in [3.05, 3.63) is 65.2 Å². The highest BCUT2D eigenvalue weighted by molar-refractivity contribution is 9.10. The second kappa shape index (κ2) is 13.8. The van der Waals surface area contributed by atoms with Gasteiger partial charge < -0.3 is 24.1 Å². The highest BCUT2D eigenvalue weighted by atomic mass is 79.9. The third-order valence-electron chi connectivity index (χ3n) is 4.96. The van der Waals surface area contributed by atoms with Gasteiger partial charge in [-0.25, -0.2) is 4.98 Å². The SMILES string of the molecule is CCOC(=O)CCCCCOc1ccc(NC(=O)c2cnc[nH]2)cc1SN(C)c1ccc(Br)cc1. The molecule has 0 unspecified atom stereocenters. The second-order valence-electron chi connectivity index (χ2n) is 7.61. The Bertz CT molecular complexity index is 1090. The maximum Gasteiger partial charge on any atom is 0.305 e. The lowest BCUT2D eigenvalue weighted by Gasteiger charge is -2.20. The largest absolute Gasteiger partial charge is 0.492 e. The normalized spacial score (nSPS) is 10.6. The van der Waals surface area contributed by atoms with Crippen molar-refractivity contribution in [1.29, 1.82) is 0 Å². The molecule has 0 radical (unpaired) electrons. The van der Waals surface area contributed by atoms with Gasteiger partial charge in [0.05, 0.1) is 30.6 Å². The minimum absolute atomic E-state index is 0.157. The van der Waals surface area contributed by atoms with E-state index in [0.717, 1.165) is 40.1 Å². The number of ether oxygens (including phenoxy) is 2. The van der Waals surface area contributed by atoms with E-state index >= 15 is 0 Å². The lowest BCUT2D eigenvalue weighted by Crippen LogP contribution is -2.13. The molecule has 2 aromatic carbocycles. The monoisotopic (exact) mass is 560 g/mol. The number of amides is 1. The maximum absolute atomic E-state index is 12.4. The third-order valence-corrected chi connectivity index (χ3v) is 6.49. The number of unbranched alkanes of at least 4 members (excludes halogenated alkanes) is 2. The predicted molar refractivity (Wildman–Crippen MR) is 142 cm³/mol. The average Bonchev–Trinajstić information content (AvgIpc) is 3.38. The molecular formula is C25H29BrN4O4S. The Kier molecular flexibility index (Phi) is 10.5. The summed E-state index contributed by atoms with van der Waals surface area (Å²) in [7, 11) is 1.98. The Balaban J connectivity index is 1.65. The van der Waals surface area contributed by atoms with Crippen LogP contribution in [0.3, 0.4) is 0 Å². The van der Waals surface area contributed by atoms with Crippen molar-refractivity contribution in [3.8, 4) is 5.75 Å².